The quantitative estimate of drug-likeness (QED) is 0.744. The first-order valence-corrected chi connectivity index (χ1v) is 9.64. The summed E-state index contributed by atoms with van der Waals surface area (Å²) < 4.78 is 29.0. The minimum absolute atomic E-state index is 0.149. The van der Waals surface area contributed by atoms with Gasteiger partial charge in [0.25, 0.3) is 10.2 Å². The molecule has 0 aromatic rings. The number of nitrogens with two attached hydrogens (primary N) is 1. The summed E-state index contributed by atoms with van der Waals surface area (Å²) in [5.74, 6) is 1.02. The van der Waals surface area contributed by atoms with E-state index >= 15 is 0 Å². The Hall–Kier alpha value is -0.170. The van der Waals surface area contributed by atoms with Crippen LogP contribution in [0.2, 0.25) is 0 Å². The minimum Gasteiger partial charge on any atom is -0.328 e. The third-order valence-electron chi connectivity index (χ3n) is 4.06. The van der Waals surface area contributed by atoms with Gasteiger partial charge in [-0.05, 0) is 37.5 Å². The Labute approximate surface area is 131 Å². The summed E-state index contributed by atoms with van der Waals surface area (Å²) in [7, 11) is -3.33. The Balaban J connectivity index is 2.73. The fraction of sp³-hybridized carbons (Fsp3) is 1.00. The van der Waals surface area contributed by atoms with Crippen LogP contribution in [0.3, 0.4) is 0 Å². The molecule has 21 heavy (non-hydrogen) atoms. The lowest BCUT2D eigenvalue weighted by molar-refractivity contribution is 0.276. The monoisotopic (exact) mass is 319 g/mol. The molecule has 0 unspecified atom stereocenters. The second kappa shape index (κ2) is 8.46. The fourth-order valence-corrected chi connectivity index (χ4v) is 4.09. The Morgan fingerprint density at radius 3 is 1.86 bits per heavy atom. The minimum atomic E-state index is -3.33. The van der Waals surface area contributed by atoms with Crippen molar-refractivity contribution in [3.63, 3.8) is 0 Å². The van der Waals surface area contributed by atoms with E-state index in [0.717, 1.165) is 25.7 Å². The average molecular weight is 320 g/mol. The van der Waals surface area contributed by atoms with Crippen molar-refractivity contribution < 1.29 is 8.42 Å². The average Bonchev–Trinajstić information content (AvgIpc) is 2.38. The largest absolute Gasteiger partial charge is 0.328 e. The fourth-order valence-electron chi connectivity index (χ4n) is 2.42. The van der Waals surface area contributed by atoms with Gasteiger partial charge in [0.2, 0.25) is 0 Å². The summed E-state index contributed by atoms with van der Waals surface area (Å²) >= 11 is 0. The summed E-state index contributed by atoms with van der Waals surface area (Å²) in [6.45, 7) is 10.9. The summed E-state index contributed by atoms with van der Waals surface area (Å²) in [6, 6.07) is 0.149. The molecule has 1 aliphatic heterocycles. The van der Waals surface area contributed by atoms with Crippen molar-refractivity contribution in [2.24, 2.45) is 17.6 Å². The van der Waals surface area contributed by atoms with Crippen LogP contribution in [0.4, 0.5) is 0 Å². The predicted octanol–water partition coefficient (Wildman–Crippen LogP) is 2.05. The van der Waals surface area contributed by atoms with Crippen molar-refractivity contribution in [2.75, 3.05) is 26.2 Å². The van der Waals surface area contributed by atoms with Crippen molar-refractivity contribution in [1.82, 2.24) is 8.61 Å². The summed E-state index contributed by atoms with van der Waals surface area (Å²) in [5, 5.41) is 0. The van der Waals surface area contributed by atoms with Gasteiger partial charge in [-0.15, -0.1) is 0 Å². The molecule has 0 spiro atoms. The highest BCUT2D eigenvalue weighted by molar-refractivity contribution is 7.86. The van der Waals surface area contributed by atoms with Crippen molar-refractivity contribution in [1.29, 1.82) is 0 Å². The molecule has 0 radical (unpaired) electrons. The van der Waals surface area contributed by atoms with Crippen LogP contribution in [0.5, 0.6) is 0 Å². The summed E-state index contributed by atoms with van der Waals surface area (Å²) in [6.07, 6.45) is 3.35. The molecule has 1 aliphatic rings. The zero-order valence-electron chi connectivity index (χ0n) is 14.1. The van der Waals surface area contributed by atoms with E-state index in [1.807, 2.05) is 0 Å². The van der Waals surface area contributed by atoms with Crippen LogP contribution in [0.1, 0.15) is 53.4 Å². The second-order valence-electron chi connectivity index (χ2n) is 7.01. The molecule has 1 saturated heterocycles. The topological polar surface area (TPSA) is 66.6 Å². The first-order chi connectivity index (χ1) is 9.73. The Bertz CT molecular complexity index is 376. The molecule has 0 aromatic heterocycles. The van der Waals surface area contributed by atoms with Gasteiger partial charge in [-0.3, -0.25) is 0 Å². The van der Waals surface area contributed by atoms with Gasteiger partial charge in [0, 0.05) is 32.2 Å². The normalized spacial score (nSPS) is 19.0. The maximum Gasteiger partial charge on any atom is 0.281 e. The van der Waals surface area contributed by atoms with Crippen LogP contribution >= 0.6 is 0 Å². The van der Waals surface area contributed by atoms with E-state index in [4.69, 9.17) is 5.73 Å². The summed E-state index contributed by atoms with van der Waals surface area (Å²) in [4.78, 5) is 0. The second-order valence-corrected chi connectivity index (χ2v) is 8.94. The molecule has 2 N–H and O–H groups in total. The van der Waals surface area contributed by atoms with E-state index in [1.165, 1.54) is 0 Å². The number of piperidine rings is 1. The van der Waals surface area contributed by atoms with Crippen LogP contribution in [0, 0.1) is 11.8 Å². The van der Waals surface area contributed by atoms with E-state index in [1.54, 1.807) is 8.61 Å². The molecule has 6 heteroatoms. The molecular formula is C15H33N3O2S. The Kier molecular flexibility index (Phi) is 7.60. The molecule has 1 heterocycles. The zero-order valence-corrected chi connectivity index (χ0v) is 14.9. The third kappa shape index (κ3) is 6.22. The van der Waals surface area contributed by atoms with Gasteiger partial charge in [-0.25, -0.2) is 0 Å². The van der Waals surface area contributed by atoms with Gasteiger partial charge in [0.15, 0.2) is 0 Å². The van der Waals surface area contributed by atoms with Crippen LogP contribution in [-0.4, -0.2) is 49.2 Å². The van der Waals surface area contributed by atoms with Crippen molar-refractivity contribution in [3.05, 3.63) is 0 Å². The van der Waals surface area contributed by atoms with E-state index in [9.17, 15) is 8.42 Å². The highest BCUT2D eigenvalue weighted by Gasteiger charge is 2.31. The maximum atomic E-state index is 12.8. The predicted molar refractivity (Wildman–Crippen MR) is 88.2 cm³/mol. The van der Waals surface area contributed by atoms with E-state index in [2.05, 4.69) is 27.7 Å². The van der Waals surface area contributed by atoms with E-state index < -0.39 is 10.2 Å². The molecule has 0 saturated carbocycles. The van der Waals surface area contributed by atoms with Crippen LogP contribution in [-0.2, 0) is 10.2 Å². The first-order valence-electron chi connectivity index (χ1n) is 8.24. The SMILES string of the molecule is CC(C)CCN(CCC(C)C)S(=O)(=O)N1CCC(N)CC1. The number of rotatable bonds is 8. The van der Waals surface area contributed by atoms with Crippen molar-refractivity contribution in [2.45, 2.75) is 59.4 Å². The molecule has 0 aromatic carbocycles. The van der Waals surface area contributed by atoms with Crippen LogP contribution < -0.4 is 5.73 Å². The summed E-state index contributed by atoms with van der Waals surface area (Å²) in [5.41, 5.74) is 5.88. The molecule has 0 amide bonds. The van der Waals surface area contributed by atoms with Gasteiger partial charge < -0.3 is 5.73 Å². The van der Waals surface area contributed by atoms with Crippen molar-refractivity contribution >= 4 is 10.2 Å². The van der Waals surface area contributed by atoms with E-state index in [-0.39, 0.29) is 6.04 Å². The Morgan fingerprint density at radius 2 is 1.48 bits per heavy atom. The lowest BCUT2D eigenvalue weighted by atomic mass is 10.1. The highest BCUT2D eigenvalue weighted by atomic mass is 32.2. The van der Waals surface area contributed by atoms with Crippen molar-refractivity contribution in [3.8, 4) is 0 Å². The standard InChI is InChI=1S/C15H33N3O2S/c1-13(2)5-9-17(10-6-14(3)4)21(19,20)18-11-7-15(16)8-12-18/h13-15H,5-12,16H2,1-4H3. The molecule has 126 valence electrons. The molecule has 0 bridgehead atoms. The lowest BCUT2D eigenvalue weighted by Crippen LogP contribution is -2.49. The van der Waals surface area contributed by atoms with E-state index in [0.29, 0.717) is 38.0 Å². The lowest BCUT2D eigenvalue weighted by Gasteiger charge is -2.34. The van der Waals surface area contributed by atoms with Gasteiger partial charge in [0.05, 0.1) is 0 Å². The third-order valence-corrected chi connectivity index (χ3v) is 6.10. The first kappa shape index (κ1) is 18.9. The smallest absolute Gasteiger partial charge is 0.281 e. The van der Waals surface area contributed by atoms with Gasteiger partial charge in [-0.1, -0.05) is 27.7 Å². The van der Waals surface area contributed by atoms with Crippen LogP contribution in [0.25, 0.3) is 0 Å². The molecule has 0 atom stereocenters. The van der Waals surface area contributed by atoms with Crippen LogP contribution in [0.15, 0.2) is 0 Å². The number of nitrogens with zero attached hydrogens (tertiary/aromatic N) is 2. The Morgan fingerprint density at radius 1 is 1.05 bits per heavy atom. The highest BCUT2D eigenvalue weighted by Crippen LogP contribution is 2.18. The molecule has 1 fully saturated rings. The zero-order chi connectivity index (χ0) is 16.0. The molecule has 0 aliphatic carbocycles. The number of hydrogen-bond donors (Lipinski definition) is 1. The molecule has 1 rings (SSSR count). The molecular weight excluding hydrogens is 286 g/mol. The van der Waals surface area contributed by atoms with Gasteiger partial charge in [-0.2, -0.15) is 17.0 Å². The maximum absolute atomic E-state index is 12.8. The van der Waals surface area contributed by atoms with Gasteiger partial charge in [0.1, 0.15) is 0 Å². The van der Waals surface area contributed by atoms with Gasteiger partial charge >= 0.3 is 0 Å². The number of hydrogen-bond acceptors (Lipinski definition) is 3. The molecule has 5 nitrogen and oxygen atoms in total.